The van der Waals surface area contributed by atoms with Crippen LogP contribution in [0.2, 0.25) is 0 Å². The van der Waals surface area contributed by atoms with E-state index in [-0.39, 0.29) is 6.61 Å². The summed E-state index contributed by atoms with van der Waals surface area (Å²) in [5, 5.41) is 20.8. The summed E-state index contributed by atoms with van der Waals surface area (Å²) in [7, 11) is 0. The third kappa shape index (κ3) is 4.14. The van der Waals surface area contributed by atoms with E-state index in [1.54, 1.807) is 6.07 Å². The highest BCUT2D eigenvalue weighted by Crippen LogP contribution is 2.33. The molecule has 0 radical (unpaired) electrons. The van der Waals surface area contributed by atoms with Gasteiger partial charge >= 0.3 is 6.18 Å². The lowest BCUT2D eigenvalue weighted by Crippen LogP contribution is -2.26. The third-order valence-electron chi connectivity index (χ3n) is 2.64. The van der Waals surface area contributed by atoms with Crippen molar-refractivity contribution >= 4 is 5.69 Å². The molecule has 0 unspecified atom stereocenters. The fourth-order valence-electron chi connectivity index (χ4n) is 1.39. The van der Waals surface area contributed by atoms with Crippen LogP contribution in [0.15, 0.2) is 18.2 Å². The van der Waals surface area contributed by atoms with Crippen LogP contribution < -0.4 is 5.32 Å². The van der Waals surface area contributed by atoms with Gasteiger partial charge in [0.25, 0.3) is 0 Å². The van der Waals surface area contributed by atoms with E-state index in [0.717, 1.165) is 12.1 Å². The number of anilines is 1. The molecule has 0 aromatic heterocycles. The van der Waals surface area contributed by atoms with Crippen LogP contribution in [-0.4, -0.2) is 18.3 Å². The number of benzene rings is 1. The monoisotopic (exact) mass is 272 g/mol. The SMILES string of the molecule is CC(C)(CO)CNc1ccc(C(F)(F)F)c(C#N)c1. The smallest absolute Gasteiger partial charge is 0.396 e. The van der Waals surface area contributed by atoms with Gasteiger partial charge in [-0.2, -0.15) is 18.4 Å². The summed E-state index contributed by atoms with van der Waals surface area (Å²) in [6, 6.07) is 4.86. The Morgan fingerprint density at radius 3 is 2.42 bits per heavy atom. The Bertz CT molecular complexity index is 490. The van der Waals surface area contributed by atoms with Gasteiger partial charge in [-0.1, -0.05) is 13.8 Å². The van der Waals surface area contributed by atoms with Crippen LogP contribution >= 0.6 is 0 Å². The molecule has 2 N–H and O–H groups in total. The highest BCUT2D eigenvalue weighted by atomic mass is 19.4. The molecular weight excluding hydrogens is 257 g/mol. The van der Waals surface area contributed by atoms with E-state index in [0.29, 0.717) is 12.2 Å². The van der Waals surface area contributed by atoms with Crippen molar-refractivity contribution in [2.24, 2.45) is 5.41 Å². The Hall–Kier alpha value is -1.74. The second-order valence-corrected chi connectivity index (χ2v) is 5.05. The number of nitriles is 1. The van der Waals surface area contributed by atoms with Crippen molar-refractivity contribution < 1.29 is 18.3 Å². The molecule has 0 aliphatic carbocycles. The predicted octanol–water partition coefficient (Wildman–Crippen LogP) is 3.01. The molecule has 0 fully saturated rings. The lowest BCUT2D eigenvalue weighted by atomic mass is 9.95. The molecule has 0 saturated carbocycles. The Morgan fingerprint density at radius 2 is 1.95 bits per heavy atom. The number of aliphatic hydroxyl groups is 1. The van der Waals surface area contributed by atoms with Gasteiger partial charge in [0.1, 0.15) is 0 Å². The zero-order valence-electron chi connectivity index (χ0n) is 10.7. The molecule has 1 aromatic rings. The minimum Gasteiger partial charge on any atom is -0.396 e. The molecule has 0 spiro atoms. The molecule has 0 bridgehead atoms. The number of nitrogens with one attached hydrogen (secondary N) is 1. The molecular formula is C13H15F3N2O. The highest BCUT2D eigenvalue weighted by molar-refractivity contribution is 5.53. The van der Waals surface area contributed by atoms with E-state index in [9.17, 15) is 13.2 Å². The van der Waals surface area contributed by atoms with Crippen molar-refractivity contribution in [1.82, 2.24) is 0 Å². The Balaban J connectivity index is 2.93. The van der Waals surface area contributed by atoms with E-state index in [1.807, 2.05) is 13.8 Å². The van der Waals surface area contributed by atoms with Crippen molar-refractivity contribution in [3.05, 3.63) is 29.3 Å². The summed E-state index contributed by atoms with van der Waals surface area (Å²) in [5.41, 5.74) is -1.33. The number of hydrogen-bond acceptors (Lipinski definition) is 3. The van der Waals surface area contributed by atoms with Crippen molar-refractivity contribution in [2.75, 3.05) is 18.5 Å². The lowest BCUT2D eigenvalue weighted by Gasteiger charge is -2.22. The fourth-order valence-corrected chi connectivity index (χ4v) is 1.39. The zero-order valence-corrected chi connectivity index (χ0v) is 10.7. The van der Waals surface area contributed by atoms with E-state index < -0.39 is 22.7 Å². The minimum atomic E-state index is -4.53. The Morgan fingerprint density at radius 1 is 1.32 bits per heavy atom. The largest absolute Gasteiger partial charge is 0.417 e. The molecule has 19 heavy (non-hydrogen) atoms. The van der Waals surface area contributed by atoms with E-state index >= 15 is 0 Å². The summed E-state index contributed by atoms with van der Waals surface area (Å²) < 4.78 is 37.8. The topological polar surface area (TPSA) is 56.0 Å². The number of halogens is 3. The molecule has 1 rings (SSSR count). The predicted molar refractivity (Wildman–Crippen MR) is 65.5 cm³/mol. The maximum atomic E-state index is 12.6. The van der Waals surface area contributed by atoms with Crippen LogP contribution in [0.3, 0.4) is 0 Å². The van der Waals surface area contributed by atoms with E-state index in [2.05, 4.69) is 5.32 Å². The van der Waals surface area contributed by atoms with Gasteiger partial charge in [-0.05, 0) is 18.2 Å². The summed E-state index contributed by atoms with van der Waals surface area (Å²) in [5.74, 6) is 0. The average molecular weight is 272 g/mol. The second kappa shape index (κ2) is 5.49. The third-order valence-corrected chi connectivity index (χ3v) is 2.64. The minimum absolute atomic E-state index is 0.0499. The summed E-state index contributed by atoms with van der Waals surface area (Å²) >= 11 is 0. The molecule has 3 nitrogen and oxygen atoms in total. The molecule has 0 saturated heterocycles. The zero-order chi connectivity index (χ0) is 14.7. The van der Waals surface area contributed by atoms with E-state index in [1.165, 1.54) is 6.07 Å². The first kappa shape index (κ1) is 15.3. The lowest BCUT2D eigenvalue weighted by molar-refractivity contribution is -0.137. The first-order chi connectivity index (χ1) is 8.69. The van der Waals surface area contributed by atoms with Gasteiger partial charge in [0, 0.05) is 24.3 Å². The van der Waals surface area contributed by atoms with E-state index in [4.69, 9.17) is 10.4 Å². The van der Waals surface area contributed by atoms with Gasteiger partial charge in [-0.25, -0.2) is 0 Å². The number of nitrogens with zero attached hydrogens (tertiary/aromatic N) is 1. The van der Waals surface area contributed by atoms with Crippen molar-refractivity contribution in [2.45, 2.75) is 20.0 Å². The molecule has 0 aliphatic rings. The van der Waals surface area contributed by atoms with Crippen LogP contribution in [-0.2, 0) is 6.18 Å². The number of alkyl halides is 3. The van der Waals surface area contributed by atoms with Crippen LogP contribution in [0.25, 0.3) is 0 Å². The maximum absolute atomic E-state index is 12.6. The highest BCUT2D eigenvalue weighted by Gasteiger charge is 2.33. The average Bonchev–Trinajstić information content (AvgIpc) is 2.35. The Kier molecular flexibility index (Phi) is 4.43. The quantitative estimate of drug-likeness (QED) is 0.885. The van der Waals surface area contributed by atoms with Crippen LogP contribution in [0.5, 0.6) is 0 Å². The molecule has 104 valence electrons. The molecule has 0 amide bonds. The summed E-state index contributed by atoms with van der Waals surface area (Å²) in [4.78, 5) is 0. The standard InChI is InChI=1S/C13H15F3N2O/c1-12(2,8-19)7-18-10-3-4-11(13(14,15)16)9(5-10)6-17/h3-5,18-19H,7-8H2,1-2H3. The van der Waals surface area contributed by atoms with Gasteiger partial charge in [0.15, 0.2) is 0 Å². The summed E-state index contributed by atoms with van der Waals surface area (Å²) in [6.45, 7) is 3.97. The molecule has 0 atom stereocenters. The molecule has 6 heteroatoms. The summed E-state index contributed by atoms with van der Waals surface area (Å²) in [6.07, 6.45) is -4.53. The van der Waals surface area contributed by atoms with Gasteiger partial charge in [0.2, 0.25) is 0 Å². The van der Waals surface area contributed by atoms with Gasteiger partial charge in [-0.3, -0.25) is 0 Å². The number of rotatable bonds is 4. The van der Waals surface area contributed by atoms with Crippen molar-refractivity contribution in [1.29, 1.82) is 5.26 Å². The van der Waals surface area contributed by atoms with Gasteiger partial charge in [-0.15, -0.1) is 0 Å². The van der Waals surface area contributed by atoms with Crippen molar-refractivity contribution in [3.63, 3.8) is 0 Å². The van der Waals surface area contributed by atoms with Crippen LogP contribution in [0.1, 0.15) is 25.0 Å². The molecule has 1 aromatic carbocycles. The molecule has 0 heterocycles. The maximum Gasteiger partial charge on any atom is 0.417 e. The first-order valence-corrected chi connectivity index (χ1v) is 5.66. The van der Waals surface area contributed by atoms with Gasteiger partial charge < -0.3 is 10.4 Å². The number of hydrogen-bond donors (Lipinski definition) is 2. The van der Waals surface area contributed by atoms with Crippen molar-refractivity contribution in [3.8, 4) is 6.07 Å². The normalized spacial score (nSPS) is 12.1. The molecule has 0 aliphatic heterocycles. The first-order valence-electron chi connectivity index (χ1n) is 5.66. The van der Waals surface area contributed by atoms with Crippen LogP contribution in [0, 0.1) is 16.7 Å². The van der Waals surface area contributed by atoms with Gasteiger partial charge in [0.05, 0.1) is 17.2 Å². The number of aliphatic hydroxyl groups excluding tert-OH is 1. The van der Waals surface area contributed by atoms with Crippen LogP contribution in [0.4, 0.5) is 18.9 Å². The Labute approximate surface area is 109 Å². The second-order valence-electron chi connectivity index (χ2n) is 5.05. The fraction of sp³-hybridized carbons (Fsp3) is 0.462.